The average Bonchev–Trinajstić information content (AvgIpc) is 3.25. The number of nitrogens with one attached hydrogen (secondary N) is 3. The van der Waals surface area contributed by atoms with Gasteiger partial charge in [-0.2, -0.15) is 0 Å². The molecule has 3 rings (SSSR count). The Morgan fingerprint density at radius 3 is 2.67 bits per heavy atom. The van der Waals surface area contributed by atoms with E-state index in [9.17, 15) is 4.79 Å². The molecule has 1 unspecified atom stereocenters. The number of methoxy groups -OCH3 is 2. The van der Waals surface area contributed by atoms with Gasteiger partial charge in [-0.25, -0.2) is 0 Å². The summed E-state index contributed by atoms with van der Waals surface area (Å²) in [4.78, 5) is 22.6. The number of carbonyl (C=O) groups is 1. The number of rotatable bonds is 7. The fourth-order valence-corrected chi connectivity index (χ4v) is 3.28. The van der Waals surface area contributed by atoms with Crippen molar-refractivity contribution in [2.45, 2.75) is 12.5 Å². The number of benzene rings is 1. The largest absolute Gasteiger partial charge is 0.497 e. The maximum atomic E-state index is 12.1. The number of hydrogen-bond donors (Lipinski definition) is 3. The minimum atomic E-state index is -0.164. The molecule has 1 fully saturated rings. The predicted molar refractivity (Wildman–Crippen MR) is 118 cm³/mol. The molecule has 1 aliphatic heterocycles. The number of carbonyl (C=O) groups excluding carboxylic acids is 1. The van der Waals surface area contributed by atoms with Crippen LogP contribution in [0.5, 0.6) is 11.5 Å². The van der Waals surface area contributed by atoms with Crippen molar-refractivity contribution < 1.29 is 14.3 Å². The first-order chi connectivity index (χ1) is 14.6. The third kappa shape index (κ3) is 5.76. The second-order valence-corrected chi connectivity index (χ2v) is 6.86. The van der Waals surface area contributed by atoms with Crippen molar-refractivity contribution in [1.82, 2.24) is 15.6 Å². The van der Waals surface area contributed by atoms with Crippen LogP contribution in [0.25, 0.3) is 0 Å². The number of amides is 1. The van der Waals surface area contributed by atoms with E-state index in [2.05, 4.69) is 30.8 Å². The summed E-state index contributed by atoms with van der Waals surface area (Å²) < 4.78 is 10.7. The quantitative estimate of drug-likeness (QED) is 0.468. The molecule has 3 N–H and O–H groups in total. The minimum absolute atomic E-state index is 0.109. The third-order valence-corrected chi connectivity index (χ3v) is 4.82. The summed E-state index contributed by atoms with van der Waals surface area (Å²) in [5.74, 6) is 1.95. The lowest BCUT2D eigenvalue weighted by Gasteiger charge is -2.21. The first-order valence-corrected chi connectivity index (χ1v) is 9.76. The number of aromatic nitrogens is 1. The van der Waals surface area contributed by atoms with Gasteiger partial charge in [0.05, 0.1) is 32.6 Å². The molecule has 1 aliphatic rings. The minimum Gasteiger partial charge on any atom is -0.497 e. The van der Waals surface area contributed by atoms with Crippen LogP contribution in [0.1, 0.15) is 6.42 Å². The maximum absolute atomic E-state index is 12.1. The standard InChI is InChI=1S/C21H28N6O3/c1-22-21(24-13-20(28)25-15-5-4-7-23-12-15)26-16-6-8-27(14-16)17-9-18(29-2)11-19(10-17)30-3/h4-5,7,9-12,16H,6,8,13-14H2,1-3H3,(H,25,28)(H2,22,24,26). The second kappa shape index (κ2) is 10.3. The molecule has 1 aromatic carbocycles. The molecule has 9 nitrogen and oxygen atoms in total. The maximum Gasteiger partial charge on any atom is 0.243 e. The highest BCUT2D eigenvalue weighted by Crippen LogP contribution is 2.30. The van der Waals surface area contributed by atoms with Crippen LogP contribution in [0.2, 0.25) is 0 Å². The molecule has 0 aliphatic carbocycles. The summed E-state index contributed by atoms with van der Waals surface area (Å²) in [5, 5.41) is 9.23. The zero-order valence-corrected chi connectivity index (χ0v) is 17.5. The first-order valence-electron chi connectivity index (χ1n) is 9.76. The van der Waals surface area contributed by atoms with Gasteiger partial charge in [-0.1, -0.05) is 0 Å². The van der Waals surface area contributed by atoms with Crippen LogP contribution in [0.3, 0.4) is 0 Å². The van der Waals surface area contributed by atoms with E-state index in [1.165, 1.54) is 0 Å². The van der Waals surface area contributed by atoms with Gasteiger partial charge < -0.3 is 30.3 Å². The van der Waals surface area contributed by atoms with Gasteiger partial charge in [-0.15, -0.1) is 0 Å². The summed E-state index contributed by atoms with van der Waals surface area (Å²) in [6.07, 6.45) is 4.21. The molecular formula is C21H28N6O3. The van der Waals surface area contributed by atoms with E-state index in [1.54, 1.807) is 45.8 Å². The van der Waals surface area contributed by atoms with E-state index < -0.39 is 0 Å². The smallest absolute Gasteiger partial charge is 0.243 e. The molecule has 0 bridgehead atoms. The Morgan fingerprint density at radius 1 is 1.27 bits per heavy atom. The van der Waals surface area contributed by atoms with Crippen LogP contribution in [-0.2, 0) is 4.79 Å². The predicted octanol–water partition coefficient (Wildman–Crippen LogP) is 1.48. The van der Waals surface area contributed by atoms with Crippen LogP contribution in [0, 0.1) is 0 Å². The lowest BCUT2D eigenvalue weighted by molar-refractivity contribution is -0.115. The zero-order valence-electron chi connectivity index (χ0n) is 17.5. The van der Waals surface area contributed by atoms with Crippen molar-refractivity contribution in [2.75, 3.05) is 51.1 Å². The Morgan fingerprint density at radius 2 is 2.03 bits per heavy atom. The normalized spacial score (nSPS) is 16.2. The molecule has 1 aromatic heterocycles. The third-order valence-electron chi connectivity index (χ3n) is 4.82. The van der Waals surface area contributed by atoms with E-state index in [1.807, 2.05) is 18.2 Å². The Labute approximate surface area is 176 Å². The molecule has 0 radical (unpaired) electrons. The van der Waals surface area contributed by atoms with Gasteiger partial charge in [0.15, 0.2) is 5.96 Å². The number of anilines is 2. The Balaban J connectivity index is 1.50. The molecular weight excluding hydrogens is 384 g/mol. The van der Waals surface area contributed by atoms with Crippen molar-refractivity contribution in [3.05, 3.63) is 42.7 Å². The number of pyridine rings is 1. The Bertz CT molecular complexity index is 852. The van der Waals surface area contributed by atoms with Crippen LogP contribution >= 0.6 is 0 Å². The van der Waals surface area contributed by atoms with Gasteiger partial charge in [-0.05, 0) is 18.6 Å². The Kier molecular flexibility index (Phi) is 7.31. The molecule has 2 aromatic rings. The van der Waals surface area contributed by atoms with Gasteiger partial charge in [0, 0.05) is 56.3 Å². The van der Waals surface area contributed by atoms with E-state index in [4.69, 9.17) is 9.47 Å². The van der Waals surface area contributed by atoms with Crippen molar-refractivity contribution >= 4 is 23.2 Å². The molecule has 1 saturated heterocycles. The fourth-order valence-electron chi connectivity index (χ4n) is 3.28. The van der Waals surface area contributed by atoms with Gasteiger partial charge in [0.1, 0.15) is 11.5 Å². The summed E-state index contributed by atoms with van der Waals surface area (Å²) in [7, 11) is 4.98. The molecule has 9 heteroatoms. The van der Waals surface area contributed by atoms with Crippen LogP contribution in [0.4, 0.5) is 11.4 Å². The highest BCUT2D eigenvalue weighted by molar-refractivity contribution is 5.94. The number of ether oxygens (including phenoxy) is 2. The van der Waals surface area contributed by atoms with Crippen molar-refractivity contribution in [1.29, 1.82) is 0 Å². The topological polar surface area (TPSA) is 100 Å². The van der Waals surface area contributed by atoms with Gasteiger partial charge >= 0.3 is 0 Å². The van der Waals surface area contributed by atoms with E-state index in [0.29, 0.717) is 11.6 Å². The van der Waals surface area contributed by atoms with E-state index >= 15 is 0 Å². The molecule has 1 atom stereocenters. The van der Waals surface area contributed by atoms with Crippen molar-refractivity contribution in [3.63, 3.8) is 0 Å². The number of guanidine groups is 1. The molecule has 30 heavy (non-hydrogen) atoms. The lowest BCUT2D eigenvalue weighted by Crippen LogP contribution is -2.46. The highest BCUT2D eigenvalue weighted by atomic mass is 16.5. The second-order valence-electron chi connectivity index (χ2n) is 6.86. The highest BCUT2D eigenvalue weighted by Gasteiger charge is 2.24. The summed E-state index contributed by atoms with van der Waals surface area (Å²) in [5.41, 5.74) is 1.71. The number of hydrogen-bond acceptors (Lipinski definition) is 6. The van der Waals surface area contributed by atoms with Crippen LogP contribution in [0.15, 0.2) is 47.7 Å². The number of aliphatic imine (C=N–C) groups is 1. The molecule has 0 saturated carbocycles. The lowest BCUT2D eigenvalue weighted by atomic mass is 10.2. The SMILES string of the molecule is CN=C(NCC(=O)Nc1cccnc1)NC1CCN(c2cc(OC)cc(OC)c2)C1. The monoisotopic (exact) mass is 412 g/mol. The zero-order chi connectivity index (χ0) is 21.3. The first kappa shape index (κ1) is 21.2. The number of nitrogens with zero attached hydrogens (tertiary/aromatic N) is 3. The summed E-state index contributed by atoms with van der Waals surface area (Å²) in [6.45, 7) is 1.81. The average molecular weight is 412 g/mol. The van der Waals surface area contributed by atoms with Crippen LogP contribution < -0.4 is 30.3 Å². The molecule has 1 amide bonds. The van der Waals surface area contributed by atoms with Gasteiger partial charge in [-0.3, -0.25) is 14.8 Å². The van der Waals surface area contributed by atoms with E-state index in [-0.39, 0.29) is 18.5 Å². The van der Waals surface area contributed by atoms with Gasteiger partial charge in [0.2, 0.25) is 5.91 Å². The van der Waals surface area contributed by atoms with E-state index in [0.717, 1.165) is 36.7 Å². The Hall–Kier alpha value is -3.49. The summed E-state index contributed by atoms with van der Waals surface area (Å²) in [6, 6.07) is 9.63. The van der Waals surface area contributed by atoms with Crippen molar-refractivity contribution in [3.8, 4) is 11.5 Å². The fraction of sp³-hybridized carbons (Fsp3) is 0.381. The molecule has 0 spiro atoms. The van der Waals surface area contributed by atoms with Crippen LogP contribution in [-0.4, -0.2) is 63.8 Å². The molecule has 2 heterocycles. The summed E-state index contributed by atoms with van der Waals surface area (Å²) >= 11 is 0. The molecule has 160 valence electrons. The van der Waals surface area contributed by atoms with Crippen molar-refractivity contribution in [2.24, 2.45) is 4.99 Å². The van der Waals surface area contributed by atoms with Gasteiger partial charge in [0.25, 0.3) is 0 Å².